The molecule has 0 aliphatic heterocycles. The highest BCUT2D eigenvalue weighted by Gasteiger charge is 2.38. The number of nitrogens with one attached hydrogen (secondary N) is 1. The molecule has 0 aliphatic rings. The molecule has 108 valence electrons. The Morgan fingerprint density at radius 1 is 1.26 bits per heavy atom. The molecular formula is C14H22F2N2O. The second-order valence-corrected chi connectivity index (χ2v) is 4.68. The number of methoxy groups -OCH3 is 1. The van der Waals surface area contributed by atoms with Gasteiger partial charge in [0.1, 0.15) is 0 Å². The second-order valence-electron chi connectivity index (χ2n) is 4.68. The summed E-state index contributed by atoms with van der Waals surface area (Å²) in [5.41, 5.74) is 2.36. The van der Waals surface area contributed by atoms with Crippen LogP contribution >= 0.6 is 0 Å². The second kappa shape index (κ2) is 6.41. The van der Waals surface area contributed by atoms with Crippen LogP contribution in [0.25, 0.3) is 0 Å². The van der Waals surface area contributed by atoms with Crippen molar-refractivity contribution in [3.8, 4) is 0 Å². The molecule has 3 nitrogen and oxygen atoms in total. The molecule has 0 heterocycles. The zero-order valence-electron chi connectivity index (χ0n) is 11.9. The fraction of sp³-hybridized carbons (Fsp3) is 0.571. The molecule has 1 aromatic carbocycles. The van der Waals surface area contributed by atoms with E-state index in [9.17, 15) is 8.78 Å². The lowest BCUT2D eigenvalue weighted by Gasteiger charge is -2.38. The van der Waals surface area contributed by atoms with Crippen LogP contribution in [-0.2, 0) is 4.74 Å². The largest absolute Gasteiger partial charge is 0.376 e. The van der Waals surface area contributed by atoms with Gasteiger partial charge in [0.2, 0.25) is 0 Å². The molecule has 0 saturated heterocycles. The van der Waals surface area contributed by atoms with Crippen LogP contribution in [0.2, 0.25) is 0 Å². The molecule has 1 atom stereocenters. The van der Waals surface area contributed by atoms with Crippen molar-refractivity contribution < 1.29 is 13.5 Å². The molecule has 5 heteroatoms. The van der Waals surface area contributed by atoms with Crippen LogP contribution < -0.4 is 11.3 Å². The topological polar surface area (TPSA) is 47.3 Å². The highest BCUT2D eigenvalue weighted by molar-refractivity contribution is 5.29. The van der Waals surface area contributed by atoms with Crippen LogP contribution in [0.15, 0.2) is 12.1 Å². The van der Waals surface area contributed by atoms with Crippen LogP contribution in [0.5, 0.6) is 0 Å². The van der Waals surface area contributed by atoms with E-state index in [0.717, 1.165) is 0 Å². The van der Waals surface area contributed by atoms with E-state index in [1.54, 1.807) is 19.2 Å². The summed E-state index contributed by atoms with van der Waals surface area (Å²) >= 11 is 0. The Morgan fingerprint density at radius 3 is 2.26 bits per heavy atom. The van der Waals surface area contributed by atoms with Crippen molar-refractivity contribution in [3.05, 3.63) is 34.9 Å². The van der Waals surface area contributed by atoms with Crippen molar-refractivity contribution in [1.29, 1.82) is 0 Å². The molecule has 1 unspecified atom stereocenters. The quantitative estimate of drug-likeness (QED) is 0.618. The molecule has 0 fully saturated rings. The van der Waals surface area contributed by atoms with E-state index in [-0.39, 0.29) is 11.1 Å². The monoisotopic (exact) mass is 272 g/mol. The number of ether oxygens (including phenoxy) is 1. The van der Waals surface area contributed by atoms with Gasteiger partial charge in [-0.25, -0.2) is 14.2 Å². The van der Waals surface area contributed by atoms with Gasteiger partial charge in [-0.15, -0.1) is 0 Å². The molecule has 0 radical (unpaired) electrons. The van der Waals surface area contributed by atoms with Gasteiger partial charge in [-0.1, -0.05) is 26.0 Å². The van der Waals surface area contributed by atoms with Crippen molar-refractivity contribution in [3.63, 3.8) is 0 Å². The van der Waals surface area contributed by atoms with Crippen LogP contribution in [0.4, 0.5) is 8.78 Å². The number of hydrogen-bond acceptors (Lipinski definition) is 3. The fourth-order valence-corrected chi connectivity index (χ4v) is 2.47. The lowest BCUT2D eigenvalue weighted by Crippen LogP contribution is -2.47. The Balaban J connectivity index is 3.35. The Morgan fingerprint density at radius 2 is 1.84 bits per heavy atom. The first kappa shape index (κ1) is 16.0. The molecular weight excluding hydrogens is 250 g/mol. The summed E-state index contributed by atoms with van der Waals surface area (Å²) in [5.74, 6) is 3.85. The molecule has 1 aromatic rings. The van der Waals surface area contributed by atoms with Crippen LogP contribution in [0.3, 0.4) is 0 Å². The van der Waals surface area contributed by atoms with Gasteiger partial charge in [-0.05, 0) is 25.3 Å². The molecule has 0 aliphatic carbocycles. The van der Waals surface area contributed by atoms with Crippen molar-refractivity contribution >= 4 is 0 Å². The SMILES string of the molecule is CCC(CC)(OC)C(NN)c1ccc(C)c(F)c1F. The van der Waals surface area contributed by atoms with Gasteiger partial charge in [0.25, 0.3) is 0 Å². The van der Waals surface area contributed by atoms with E-state index in [4.69, 9.17) is 10.6 Å². The van der Waals surface area contributed by atoms with E-state index in [2.05, 4.69) is 5.43 Å². The van der Waals surface area contributed by atoms with Crippen molar-refractivity contribution in [1.82, 2.24) is 5.43 Å². The van der Waals surface area contributed by atoms with Gasteiger partial charge in [0.15, 0.2) is 11.6 Å². The number of nitrogens with two attached hydrogens (primary N) is 1. The third kappa shape index (κ3) is 2.78. The minimum Gasteiger partial charge on any atom is -0.376 e. The first-order valence-electron chi connectivity index (χ1n) is 6.43. The lowest BCUT2D eigenvalue weighted by atomic mass is 9.83. The number of rotatable bonds is 6. The number of hydrazine groups is 1. The predicted octanol–water partition coefficient (Wildman–Crippen LogP) is 2.98. The smallest absolute Gasteiger partial charge is 0.164 e. The first-order valence-corrected chi connectivity index (χ1v) is 6.43. The molecule has 0 amide bonds. The molecule has 0 spiro atoms. The molecule has 0 saturated carbocycles. The summed E-state index contributed by atoms with van der Waals surface area (Å²) in [6.07, 6.45) is 1.26. The van der Waals surface area contributed by atoms with Crippen LogP contribution in [0.1, 0.15) is 43.9 Å². The van der Waals surface area contributed by atoms with Gasteiger partial charge in [0, 0.05) is 12.7 Å². The molecule has 3 N–H and O–H groups in total. The summed E-state index contributed by atoms with van der Waals surface area (Å²) in [4.78, 5) is 0. The maximum atomic E-state index is 14.1. The van der Waals surface area contributed by atoms with E-state index < -0.39 is 23.3 Å². The molecule has 19 heavy (non-hydrogen) atoms. The standard InChI is InChI=1S/C14H22F2N2O/c1-5-14(6-2,19-4)13(18-17)10-8-7-9(3)11(15)12(10)16/h7-8,13,18H,5-6,17H2,1-4H3. The van der Waals surface area contributed by atoms with Crippen molar-refractivity contribution in [2.45, 2.75) is 45.3 Å². The number of benzene rings is 1. The van der Waals surface area contributed by atoms with Gasteiger partial charge in [-0.2, -0.15) is 0 Å². The number of hydrogen-bond donors (Lipinski definition) is 2. The normalized spacial score (nSPS) is 13.6. The highest BCUT2D eigenvalue weighted by Crippen LogP contribution is 2.36. The number of halogens is 2. The summed E-state index contributed by atoms with van der Waals surface area (Å²) in [5, 5.41) is 0. The van der Waals surface area contributed by atoms with Gasteiger partial charge in [-0.3, -0.25) is 5.84 Å². The average Bonchev–Trinajstić information content (AvgIpc) is 2.44. The van der Waals surface area contributed by atoms with Crippen molar-refractivity contribution in [2.24, 2.45) is 5.84 Å². The minimum atomic E-state index is -0.869. The van der Waals surface area contributed by atoms with E-state index >= 15 is 0 Å². The van der Waals surface area contributed by atoms with Crippen LogP contribution in [-0.4, -0.2) is 12.7 Å². The molecule has 1 rings (SSSR count). The Labute approximate surface area is 113 Å². The van der Waals surface area contributed by atoms with E-state index in [1.807, 2.05) is 13.8 Å². The fourth-order valence-electron chi connectivity index (χ4n) is 2.47. The zero-order valence-corrected chi connectivity index (χ0v) is 11.9. The summed E-state index contributed by atoms with van der Waals surface area (Å²) < 4.78 is 33.4. The lowest BCUT2D eigenvalue weighted by molar-refractivity contribution is -0.0496. The van der Waals surface area contributed by atoms with Crippen molar-refractivity contribution in [2.75, 3.05) is 7.11 Å². The summed E-state index contributed by atoms with van der Waals surface area (Å²) in [7, 11) is 1.56. The maximum absolute atomic E-state index is 14.1. The Bertz CT molecular complexity index is 425. The third-order valence-corrected chi connectivity index (χ3v) is 3.91. The first-order chi connectivity index (χ1) is 8.97. The van der Waals surface area contributed by atoms with Gasteiger partial charge >= 0.3 is 0 Å². The third-order valence-electron chi connectivity index (χ3n) is 3.91. The molecule has 0 bridgehead atoms. The number of aryl methyl sites for hydroxylation is 1. The highest BCUT2D eigenvalue weighted by atomic mass is 19.2. The van der Waals surface area contributed by atoms with Gasteiger partial charge < -0.3 is 4.74 Å². The Hall–Kier alpha value is -1.04. The predicted molar refractivity (Wildman–Crippen MR) is 71.5 cm³/mol. The zero-order chi connectivity index (χ0) is 14.6. The minimum absolute atomic E-state index is 0.191. The molecule has 0 aromatic heterocycles. The summed E-state index contributed by atoms with van der Waals surface area (Å²) in [6.45, 7) is 5.38. The Kier molecular flexibility index (Phi) is 5.40. The van der Waals surface area contributed by atoms with Gasteiger partial charge in [0.05, 0.1) is 11.6 Å². The van der Waals surface area contributed by atoms with E-state index in [1.165, 1.54) is 6.92 Å². The van der Waals surface area contributed by atoms with Crippen LogP contribution in [0, 0.1) is 18.6 Å². The summed E-state index contributed by atoms with van der Waals surface area (Å²) in [6, 6.07) is 2.49. The average molecular weight is 272 g/mol. The van der Waals surface area contributed by atoms with E-state index in [0.29, 0.717) is 12.8 Å². The maximum Gasteiger partial charge on any atom is 0.164 e.